The van der Waals surface area contributed by atoms with Crippen molar-refractivity contribution in [2.75, 3.05) is 7.05 Å². The van der Waals surface area contributed by atoms with Crippen LogP contribution < -0.4 is 5.32 Å². The first-order chi connectivity index (χ1) is 20.7. The molecule has 3 aromatic carbocycles. The maximum Gasteiger partial charge on any atom is 0.164 e. The van der Waals surface area contributed by atoms with E-state index in [0.717, 1.165) is 44.4 Å². The van der Waals surface area contributed by atoms with Crippen LogP contribution in [0.15, 0.2) is 145 Å². The summed E-state index contributed by atoms with van der Waals surface area (Å²) < 4.78 is 0. The molecule has 0 radical (unpaired) electrons. The third-order valence-electron chi connectivity index (χ3n) is 7.09. The van der Waals surface area contributed by atoms with Crippen LogP contribution in [0.2, 0.25) is 0 Å². The molecule has 4 heterocycles. The molecule has 0 unspecified atom stereocenters. The van der Waals surface area contributed by atoms with E-state index in [1.54, 1.807) is 7.05 Å². The molecule has 0 fully saturated rings. The Morgan fingerprint density at radius 2 is 1.40 bits per heavy atom. The number of H-pyrrole nitrogens is 1. The molecule has 0 saturated carbocycles. The predicted octanol–water partition coefficient (Wildman–Crippen LogP) is 6.30. The number of rotatable bonds is 3. The minimum absolute atomic E-state index is 0.563. The summed E-state index contributed by atoms with van der Waals surface area (Å²) in [4.78, 5) is 31.9. The molecule has 0 amide bonds. The van der Waals surface area contributed by atoms with Gasteiger partial charge in [-0.25, -0.2) is 25.0 Å². The highest BCUT2D eigenvalue weighted by atomic mass is 15.1. The molecule has 1 aromatic heterocycles. The first kappa shape index (κ1) is 25.2. The van der Waals surface area contributed by atoms with Gasteiger partial charge in [-0.2, -0.15) is 0 Å². The number of nitrogens with one attached hydrogen (secondary N) is 2. The molecular formula is C34H26N8. The van der Waals surface area contributed by atoms with Gasteiger partial charge in [-0.1, -0.05) is 97.1 Å². The molecule has 0 spiro atoms. The Bertz CT molecular complexity index is 2020. The largest absolute Gasteiger partial charge is 0.345 e. The van der Waals surface area contributed by atoms with Crippen molar-refractivity contribution in [1.29, 1.82) is 0 Å². The molecule has 0 saturated heterocycles. The second-order valence-electron chi connectivity index (χ2n) is 9.73. The van der Waals surface area contributed by atoms with Gasteiger partial charge in [0, 0.05) is 51.8 Å². The van der Waals surface area contributed by atoms with E-state index in [1.165, 1.54) is 0 Å². The standard InChI is InChI=1S/C34H26N8/c1-3-4-5-12-21-19-28(38-31-23-14-7-6-13-22(23)20-36-31)37-29(21)39-32-26-17-10-11-18-27(26)34(41-32)42-33-25-16-9-8-15-24(25)30(35-2)40-33/h3-20,36H,1-2H3,(H,35,37,38,39,40,41,42)/b4-3-,12-5-. The van der Waals surface area contributed by atoms with Gasteiger partial charge in [0.25, 0.3) is 0 Å². The van der Waals surface area contributed by atoms with E-state index in [-0.39, 0.29) is 0 Å². The summed E-state index contributed by atoms with van der Waals surface area (Å²) in [6.45, 7) is 1.98. The maximum atomic E-state index is 5.00. The highest BCUT2D eigenvalue weighted by Gasteiger charge is 2.27. The molecule has 0 bridgehead atoms. The molecule has 3 aliphatic rings. The van der Waals surface area contributed by atoms with E-state index < -0.39 is 0 Å². The van der Waals surface area contributed by atoms with Gasteiger partial charge >= 0.3 is 0 Å². The van der Waals surface area contributed by atoms with Crippen LogP contribution in [-0.2, 0) is 0 Å². The summed E-state index contributed by atoms with van der Waals surface area (Å²) in [5, 5.41) is 5.57. The van der Waals surface area contributed by atoms with Crippen molar-refractivity contribution in [2.24, 2.45) is 30.0 Å². The number of hydrogen-bond acceptors (Lipinski definition) is 4. The number of amidine groups is 6. The zero-order valence-corrected chi connectivity index (χ0v) is 23.1. The molecule has 7 rings (SSSR count). The lowest BCUT2D eigenvalue weighted by Crippen LogP contribution is -2.24. The molecular weight excluding hydrogens is 520 g/mol. The zero-order chi connectivity index (χ0) is 28.5. The lowest BCUT2D eigenvalue weighted by molar-refractivity contribution is 1.34. The van der Waals surface area contributed by atoms with E-state index in [9.17, 15) is 0 Å². The minimum atomic E-state index is 0.563. The molecule has 0 aliphatic carbocycles. The van der Waals surface area contributed by atoms with Gasteiger partial charge in [0.2, 0.25) is 0 Å². The first-order valence-corrected chi connectivity index (χ1v) is 13.7. The van der Waals surface area contributed by atoms with Crippen molar-refractivity contribution < 1.29 is 0 Å². The highest BCUT2D eigenvalue weighted by Crippen LogP contribution is 2.27. The SMILES string of the molecule is C/C=C\C=C/C1=CC(=N/c2[nH]cc3ccccc23)/N=C1N=C1NC(=NC2=NC(=NC)c3ccccc32)c2ccccc21. The topological polar surface area (TPSA) is 102 Å². The molecule has 0 atom stereocenters. The van der Waals surface area contributed by atoms with E-state index in [0.29, 0.717) is 35.0 Å². The lowest BCUT2D eigenvalue weighted by atomic mass is 10.1. The van der Waals surface area contributed by atoms with E-state index in [1.807, 2.05) is 110 Å². The number of benzene rings is 3. The number of fused-ring (bicyclic) bond motifs is 3. The van der Waals surface area contributed by atoms with Crippen molar-refractivity contribution in [1.82, 2.24) is 10.3 Å². The van der Waals surface area contributed by atoms with E-state index >= 15 is 0 Å². The van der Waals surface area contributed by atoms with Crippen LogP contribution in [0.3, 0.4) is 0 Å². The normalized spacial score (nSPS) is 19.8. The molecule has 202 valence electrons. The average Bonchev–Trinajstić information content (AvgIpc) is 3.79. The van der Waals surface area contributed by atoms with Crippen molar-refractivity contribution >= 4 is 51.6 Å². The summed E-state index contributed by atoms with van der Waals surface area (Å²) in [6.07, 6.45) is 11.8. The predicted molar refractivity (Wildman–Crippen MR) is 173 cm³/mol. The van der Waals surface area contributed by atoms with Crippen LogP contribution in [0, 0.1) is 0 Å². The Hall–Kier alpha value is -5.76. The number of nitrogens with zero attached hydrogens (tertiary/aromatic N) is 6. The lowest BCUT2D eigenvalue weighted by Gasteiger charge is -2.02. The van der Waals surface area contributed by atoms with Crippen molar-refractivity contribution in [2.45, 2.75) is 6.92 Å². The fourth-order valence-corrected chi connectivity index (χ4v) is 5.10. The van der Waals surface area contributed by atoms with Gasteiger partial charge < -0.3 is 10.3 Å². The quantitative estimate of drug-likeness (QED) is 0.289. The average molecular weight is 547 g/mol. The summed E-state index contributed by atoms with van der Waals surface area (Å²) >= 11 is 0. The number of hydrogen-bond donors (Lipinski definition) is 2. The van der Waals surface area contributed by atoms with Crippen LogP contribution in [0.4, 0.5) is 5.82 Å². The summed E-state index contributed by atoms with van der Waals surface area (Å²) in [6, 6.07) is 24.2. The number of aromatic amines is 1. The first-order valence-electron chi connectivity index (χ1n) is 13.7. The fourth-order valence-electron chi connectivity index (χ4n) is 5.10. The Labute approximate surface area is 242 Å². The highest BCUT2D eigenvalue weighted by molar-refractivity contribution is 6.33. The Balaban J connectivity index is 1.28. The molecule has 4 aromatic rings. The Morgan fingerprint density at radius 3 is 2.17 bits per heavy atom. The number of aliphatic imine (C=N–C) groups is 6. The number of allylic oxidation sites excluding steroid dienone is 3. The van der Waals surface area contributed by atoms with Crippen LogP contribution in [0.1, 0.15) is 29.2 Å². The molecule has 8 heteroatoms. The van der Waals surface area contributed by atoms with E-state index in [2.05, 4.69) is 21.4 Å². The van der Waals surface area contributed by atoms with Crippen LogP contribution in [-0.4, -0.2) is 47.0 Å². The van der Waals surface area contributed by atoms with Crippen LogP contribution in [0.25, 0.3) is 10.8 Å². The van der Waals surface area contributed by atoms with Gasteiger partial charge in [-0.15, -0.1) is 0 Å². The Morgan fingerprint density at radius 1 is 0.714 bits per heavy atom. The molecule has 2 N–H and O–H groups in total. The van der Waals surface area contributed by atoms with Crippen LogP contribution in [0.5, 0.6) is 0 Å². The fraction of sp³-hybridized carbons (Fsp3) is 0.0588. The summed E-state index contributed by atoms with van der Waals surface area (Å²) in [5.41, 5.74) is 4.67. The van der Waals surface area contributed by atoms with Crippen molar-refractivity contribution in [3.8, 4) is 0 Å². The van der Waals surface area contributed by atoms with Crippen LogP contribution >= 0.6 is 0 Å². The summed E-state index contributed by atoms with van der Waals surface area (Å²) in [5.74, 6) is 4.53. The van der Waals surface area contributed by atoms with Gasteiger partial charge in [-0.05, 0) is 13.0 Å². The second kappa shape index (κ2) is 10.7. The minimum Gasteiger partial charge on any atom is -0.345 e. The Kier molecular flexibility index (Phi) is 6.41. The smallest absolute Gasteiger partial charge is 0.164 e. The summed E-state index contributed by atoms with van der Waals surface area (Å²) in [7, 11) is 1.74. The van der Waals surface area contributed by atoms with Gasteiger partial charge in [-0.3, -0.25) is 4.99 Å². The maximum absolute atomic E-state index is 5.00. The van der Waals surface area contributed by atoms with Gasteiger partial charge in [0.05, 0.1) is 0 Å². The van der Waals surface area contributed by atoms with Gasteiger partial charge in [0.15, 0.2) is 23.3 Å². The molecule has 3 aliphatic heterocycles. The third-order valence-corrected chi connectivity index (χ3v) is 7.09. The monoisotopic (exact) mass is 546 g/mol. The third kappa shape index (κ3) is 4.54. The molecule has 42 heavy (non-hydrogen) atoms. The zero-order valence-electron chi connectivity index (χ0n) is 23.1. The van der Waals surface area contributed by atoms with Gasteiger partial charge in [0.1, 0.15) is 17.5 Å². The van der Waals surface area contributed by atoms with Crippen molar-refractivity contribution in [3.05, 3.63) is 137 Å². The second-order valence-corrected chi connectivity index (χ2v) is 9.73. The van der Waals surface area contributed by atoms with Crippen molar-refractivity contribution in [3.63, 3.8) is 0 Å². The number of aromatic nitrogens is 1. The van der Waals surface area contributed by atoms with E-state index in [4.69, 9.17) is 25.0 Å². The molecule has 8 nitrogen and oxygen atoms in total.